The van der Waals surface area contributed by atoms with Gasteiger partial charge in [-0.05, 0) is 85.8 Å². The number of benzene rings is 2. The number of amidine groups is 1. The van der Waals surface area contributed by atoms with Crippen molar-refractivity contribution in [2.75, 3.05) is 7.11 Å². The Morgan fingerprint density at radius 3 is 2.58 bits per heavy atom. The van der Waals surface area contributed by atoms with Gasteiger partial charge in [0.25, 0.3) is 5.91 Å². The van der Waals surface area contributed by atoms with Gasteiger partial charge in [-0.1, -0.05) is 11.6 Å². The maximum atomic E-state index is 13.5. The van der Waals surface area contributed by atoms with Gasteiger partial charge < -0.3 is 14.6 Å². The van der Waals surface area contributed by atoms with Gasteiger partial charge in [0.2, 0.25) is 0 Å². The second kappa shape index (κ2) is 8.61. The van der Waals surface area contributed by atoms with E-state index in [2.05, 4.69) is 10.3 Å². The monoisotopic (exact) mass is 455 g/mol. The molecule has 0 radical (unpaired) electrons. The van der Waals surface area contributed by atoms with E-state index in [1.807, 2.05) is 54.8 Å². The summed E-state index contributed by atoms with van der Waals surface area (Å²) >= 11 is 7.24. The van der Waals surface area contributed by atoms with E-state index in [0.29, 0.717) is 10.1 Å². The second-order valence-electron chi connectivity index (χ2n) is 6.94. The van der Waals surface area contributed by atoms with E-state index in [-0.39, 0.29) is 10.9 Å². The molecule has 8 heteroatoms. The van der Waals surface area contributed by atoms with Gasteiger partial charge in [0.15, 0.2) is 5.17 Å². The lowest BCUT2D eigenvalue weighted by atomic mass is 10.2. The zero-order valence-corrected chi connectivity index (χ0v) is 18.6. The van der Waals surface area contributed by atoms with Crippen LogP contribution in [0.2, 0.25) is 5.02 Å². The first-order valence-electron chi connectivity index (χ1n) is 9.43. The van der Waals surface area contributed by atoms with Crippen molar-refractivity contribution >= 4 is 46.2 Å². The summed E-state index contributed by atoms with van der Waals surface area (Å²) in [5, 5.41) is 3.38. The first-order valence-corrected chi connectivity index (χ1v) is 10.6. The maximum absolute atomic E-state index is 13.5. The molecule has 0 bridgehead atoms. The number of nitrogens with one attached hydrogen (secondary N) is 1. The summed E-state index contributed by atoms with van der Waals surface area (Å²) in [5.74, 6) is 0.0789. The van der Waals surface area contributed by atoms with Gasteiger partial charge in [0.1, 0.15) is 11.6 Å². The van der Waals surface area contributed by atoms with Crippen molar-refractivity contribution in [3.05, 3.63) is 81.2 Å². The zero-order valence-electron chi connectivity index (χ0n) is 17.1. The number of carbonyl (C=O) groups is 1. The van der Waals surface area contributed by atoms with Crippen LogP contribution in [0.3, 0.4) is 0 Å². The molecule has 1 aliphatic heterocycles. The summed E-state index contributed by atoms with van der Waals surface area (Å²) in [6, 6.07) is 13.9. The Balaban J connectivity index is 1.62. The lowest BCUT2D eigenvalue weighted by Gasteiger charge is -2.10. The number of methoxy groups -OCH3 is 1. The second-order valence-corrected chi connectivity index (χ2v) is 8.38. The number of rotatable bonds is 4. The van der Waals surface area contributed by atoms with E-state index in [1.54, 1.807) is 19.2 Å². The Bertz CT molecular complexity index is 1230. The van der Waals surface area contributed by atoms with Gasteiger partial charge >= 0.3 is 0 Å². The van der Waals surface area contributed by atoms with Crippen LogP contribution in [0.15, 0.2) is 58.4 Å². The van der Waals surface area contributed by atoms with Crippen molar-refractivity contribution in [2.24, 2.45) is 4.99 Å². The van der Waals surface area contributed by atoms with Crippen LogP contribution in [-0.2, 0) is 4.79 Å². The minimum Gasteiger partial charge on any atom is -0.497 e. The van der Waals surface area contributed by atoms with Crippen molar-refractivity contribution in [1.29, 1.82) is 0 Å². The van der Waals surface area contributed by atoms with Gasteiger partial charge in [-0.15, -0.1) is 0 Å². The summed E-state index contributed by atoms with van der Waals surface area (Å²) < 4.78 is 20.7. The fraction of sp³-hybridized carbons (Fsp3) is 0.130. The molecule has 1 N–H and O–H groups in total. The smallest absolute Gasteiger partial charge is 0.264 e. The predicted molar refractivity (Wildman–Crippen MR) is 124 cm³/mol. The average molecular weight is 456 g/mol. The van der Waals surface area contributed by atoms with Gasteiger partial charge in [-0.2, -0.15) is 0 Å². The van der Waals surface area contributed by atoms with E-state index in [0.717, 1.165) is 34.1 Å². The van der Waals surface area contributed by atoms with Crippen LogP contribution in [0.4, 0.5) is 10.1 Å². The molecule has 0 saturated carbocycles. The highest BCUT2D eigenvalue weighted by Crippen LogP contribution is 2.31. The summed E-state index contributed by atoms with van der Waals surface area (Å²) in [7, 11) is 1.60. The number of carbonyl (C=O) groups excluding carboxylic acids is 1. The SMILES string of the molecule is COc1ccc(N=C2NC(=O)/C(=C/c3cc(C)n(-c4ccc(F)c(Cl)c4)c3C)S2)cc1. The van der Waals surface area contributed by atoms with Crippen LogP contribution in [0.1, 0.15) is 17.0 Å². The number of aliphatic imine (C=N–C) groups is 1. The molecule has 1 fully saturated rings. The third kappa shape index (κ3) is 4.38. The standard InChI is InChI=1S/C23H19ClFN3O2S/c1-13-10-15(14(2)28(13)17-6-9-20(25)19(24)12-17)11-21-22(29)27-23(31-21)26-16-4-7-18(30-3)8-5-16/h4-12H,1-3H3,(H,26,27,29)/b21-11-. The number of ether oxygens (including phenoxy) is 1. The molecule has 0 aliphatic carbocycles. The van der Waals surface area contributed by atoms with Crippen LogP contribution < -0.4 is 10.1 Å². The van der Waals surface area contributed by atoms with Crippen molar-refractivity contribution < 1.29 is 13.9 Å². The Hall–Kier alpha value is -3.03. The molecular weight excluding hydrogens is 437 g/mol. The van der Waals surface area contributed by atoms with Gasteiger partial charge in [-0.3, -0.25) is 4.79 Å². The molecule has 5 nitrogen and oxygen atoms in total. The summed E-state index contributed by atoms with van der Waals surface area (Å²) in [6.45, 7) is 3.89. The zero-order chi connectivity index (χ0) is 22.1. The molecule has 0 unspecified atom stereocenters. The molecule has 1 aliphatic rings. The summed E-state index contributed by atoms with van der Waals surface area (Å²) in [4.78, 5) is 17.5. The number of nitrogens with zero attached hydrogens (tertiary/aromatic N) is 2. The number of hydrogen-bond donors (Lipinski definition) is 1. The molecule has 0 spiro atoms. The normalized spacial score (nSPS) is 16.2. The Labute approximate surface area is 188 Å². The maximum Gasteiger partial charge on any atom is 0.264 e. The van der Waals surface area contributed by atoms with E-state index in [9.17, 15) is 9.18 Å². The predicted octanol–water partition coefficient (Wildman–Crippen LogP) is 5.79. The molecule has 1 aromatic heterocycles. The minimum absolute atomic E-state index is 0.0648. The fourth-order valence-corrected chi connectivity index (χ4v) is 4.36. The molecule has 2 heterocycles. The Kier molecular flexibility index (Phi) is 5.89. The number of aryl methyl sites for hydroxylation is 1. The summed E-state index contributed by atoms with van der Waals surface area (Å²) in [6.07, 6.45) is 1.83. The van der Waals surface area contributed by atoms with Gasteiger partial charge in [0, 0.05) is 17.1 Å². The van der Waals surface area contributed by atoms with E-state index >= 15 is 0 Å². The van der Waals surface area contributed by atoms with Crippen molar-refractivity contribution in [2.45, 2.75) is 13.8 Å². The highest BCUT2D eigenvalue weighted by molar-refractivity contribution is 8.18. The highest BCUT2D eigenvalue weighted by Gasteiger charge is 2.24. The van der Waals surface area contributed by atoms with Crippen molar-refractivity contribution in [1.82, 2.24) is 9.88 Å². The Morgan fingerprint density at radius 1 is 1.16 bits per heavy atom. The number of hydrogen-bond acceptors (Lipinski definition) is 4. The third-order valence-electron chi connectivity index (χ3n) is 4.87. The number of halogens is 2. The molecule has 1 amide bonds. The van der Waals surface area contributed by atoms with E-state index < -0.39 is 5.82 Å². The highest BCUT2D eigenvalue weighted by atomic mass is 35.5. The summed E-state index contributed by atoms with van der Waals surface area (Å²) in [5.41, 5.74) is 4.23. The molecule has 158 valence electrons. The molecule has 2 aromatic carbocycles. The molecule has 0 atom stereocenters. The quantitative estimate of drug-likeness (QED) is 0.507. The fourth-order valence-electron chi connectivity index (χ4n) is 3.35. The first kappa shape index (κ1) is 21.2. The Morgan fingerprint density at radius 2 is 1.90 bits per heavy atom. The van der Waals surface area contributed by atoms with Crippen LogP contribution in [0, 0.1) is 19.7 Å². The first-order chi connectivity index (χ1) is 14.9. The van der Waals surface area contributed by atoms with E-state index in [4.69, 9.17) is 16.3 Å². The number of thioether (sulfide) groups is 1. The van der Waals surface area contributed by atoms with Crippen LogP contribution in [0.5, 0.6) is 5.75 Å². The molecular formula is C23H19ClFN3O2S. The van der Waals surface area contributed by atoms with Gasteiger partial charge in [0.05, 0.1) is 22.7 Å². The van der Waals surface area contributed by atoms with Crippen molar-refractivity contribution in [3.63, 3.8) is 0 Å². The minimum atomic E-state index is -0.460. The largest absolute Gasteiger partial charge is 0.497 e. The van der Waals surface area contributed by atoms with Crippen LogP contribution in [0.25, 0.3) is 11.8 Å². The number of aromatic nitrogens is 1. The number of amides is 1. The van der Waals surface area contributed by atoms with Crippen LogP contribution >= 0.6 is 23.4 Å². The molecule has 1 saturated heterocycles. The van der Waals surface area contributed by atoms with Gasteiger partial charge in [-0.25, -0.2) is 9.38 Å². The molecule has 3 aromatic rings. The topological polar surface area (TPSA) is 55.6 Å². The third-order valence-corrected chi connectivity index (χ3v) is 6.07. The van der Waals surface area contributed by atoms with E-state index in [1.165, 1.54) is 17.8 Å². The lowest BCUT2D eigenvalue weighted by Crippen LogP contribution is -2.19. The molecule has 31 heavy (non-hydrogen) atoms. The lowest BCUT2D eigenvalue weighted by molar-refractivity contribution is -0.115. The average Bonchev–Trinajstić information content (AvgIpc) is 3.23. The molecule has 4 rings (SSSR count). The van der Waals surface area contributed by atoms with Crippen LogP contribution in [-0.4, -0.2) is 22.8 Å². The van der Waals surface area contributed by atoms with Crippen molar-refractivity contribution in [3.8, 4) is 11.4 Å².